The molecular formula is C20H29N3O5. The van der Waals surface area contributed by atoms with Gasteiger partial charge in [-0.25, -0.2) is 0 Å². The number of hydrogen-bond donors (Lipinski definition) is 1. The number of carboxylic acids is 1. The Kier molecular flexibility index (Phi) is 6.72. The fourth-order valence-electron chi connectivity index (χ4n) is 4.28. The number of carbonyl (C=O) groups excluding carboxylic acids is 2. The number of likely N-dealkylation sites (tertiary alicyclic amines) is 1. The number of nitrogens with zero attached hydrogens (tertiary/aromatic N) is 3. The van der Waals surface area contributed by atoms with Crippen LogP contribution < -0.4 is 0 Å². The fourth-order valence-corrected chi connectivity index (χ4v) is 4.28. The Balaban J connectivity index is 1.57. The first-order valence-corrected chi connectivity index (χ1v) is 9.96. The second-order valence-electron chi connectivity index (χ2n) is 7.77. The third-order valence-corrected chi connectivity index (χ3v) is 5.98. The van der Waals surface area contributed by atoms with E-state index in [2.05, 4.69) is 4.90 Å². The van der Waals surface area contributed by atoms with Gasteiger partial charge < -0.3 is 19.3 Å². The third kappa shape index (κ3) is 5.13. The lowest BCUT2D eigenvalue weighted by Crippen LogP contribution is -2.49. The van der Waals surface area contributed by atoms with E-state index < -0.39 is 5.97 Å². The molecule has 154 valence electrons. The molecule has 2 unspecified atom stereocenters. The van der Waals surface area contributed by atoms with Crippen LogP contribution in [0.15, 0.2) is 22.8 Å². The Bertz CT molecular complexity index is 682. The summed E-state index contributed by atoms with van der Waals surface area (Å²) in [6.45, 7) is 6.73. The number of aliphatic carboxylic acids is 1. The Morgan fingerprint density at radius 3 is 2.46 bits per heavy atom. The van der Waals surface area contributed by atoms with Crippen LogP contribution in [0.2, 0.25) is 0 Å². The maximum atomic E-state index is 12.6. The van der Waals surface area contributed by atoms with Gasteiger partial charge in [-0.05, 0) is 43.4 Å². The zero-order valence-corrected chi connectivity index (χ0v) is 16.4. The number of hydrogen-bond acceptors (Lipinski definition) is 5. The number of carbonyl (C=O) groups is 3. The Hall–Kier alpha value is -2.35. The van der Waals surface area contributed by atoms with Gasteiger partial charge in [0.1, 0.15) is 0 Å². The highest BCUT2D eigenvalue weighted by Gasteiger charge is 2.34. The highest BCUT2D eigenvalue weighted by molar-refractivity contribution is 5.91. The first kappa shape index (κ1) is 20.4. The highest BCUT2D eigenvalue weighted by atomic mass is 16.4. The maximum absolute atomic E-state index is 12.6. The van der Waals surface area contributed by atoms with Crippen LogP contribution in [0.4, 0.5) is 0 Å². The summed E-state index contributed by atoms with van der Waals surface area (Å²) in [4.78, 5) is 41.3. The van der Waals surface area contributed by atoms with E-state index >= 15 is 0 Å². The number of amides is 2. The average molecular weight is 391 g/mol. The molecule has 2 atom stereocenters. The van der Waals surface area contributed by atoms with E-state index in [4.69, 9.17) is 4.42 Å². The van der Waals surface area contributed by atoms with Crippen molar-refractivity contribution in [3.63, 3.8) is 0 Å². The predicted molar refractivity (Wildman–Crippen MR) is 102 cm³/mol. The third-order valence-electron chi connectivity index (χ3n) is 5.98. The summed E-state index contributed by atoms with van der Waals surface area (Å²) in [6.07, 6.45) is 3.18. The molecule has 1 aromatic heterocycles. The monoisotopic (exact) mass is 391 g/mol. The quantitative estimate of drug-likeness (QED) is 0.788. The van der Waals surface area contributed by atoms with Crippen molar-refractivity contribution in [2.75, 3.05) is 45.8 Å². The Morgan fingerprint density at radius 2 is 1.86 bits per heavy atom. The summed E-state index contributed by atoms with van der Waals surface area (Å²) < 4.78 is 5.23. The van der Waals surface area contributed by atoms with Crippen LogP contribution in [0.25, 0.3) is 0 Å². The van der Waals surface area contributed by atoms with Crippen molar-refractivity contribution in [2.24, 2.45) is 11.8 Å². The van der Waals surface area contributed by atoms with Crippen molar-refractivity contribution in [3.8, 4) is 0 Å². The summed E-state index contributed by atoms with van der Waals surface area (Å²) in [5.41, 5.74) is 0. The van der Waals surface area contributed by atoms with Gasteiger partial charge in [0.2, 0.25) is 5.91 Å². The van der Waals surface area contributed by atoms with Crippen LogP contribution in [0.3, 0.4) is 0 Å². The van der Waals surface area contributed by atoms with Crippen LogP contribution in [0.1, 0.15) is 36.7 Å². The summed E-state index contributed by atoms with van der Waals surface area (Å²) in [5, 5.41) is 9.26. The molecule has 0 spiro atoms. The van der Waals surface area contributed by atoms with Crippen molar-refractivity contribution < 1.29 is 23.9 Å². The maximum Gasteiger partial charge on any atom is 0.303 e. The molecule has 1 aromatic rings. The molecule has 3 rings (SSSR count). The first-order chi connectivity index (χ1) is 13.4. The minimum absolute atomic E-state index is 0.0802. The molecule has 8 heteroatoms. The zero-order chi connectivity index (χ0) is 20.1. The van der Waals surface area contributed by atoms with E-state index in [1.807, 2.05) is 4.90 Å². The van der Waals surface area contributed by atoms with Gasteiger partial charge in [0.05, 0.1) is 6.26 Å². The summed E-state index contributed by atoms with van der Waals surface area (Å²) in [6, 6.07) is 3.36. The molecular weight excluding hydrogens is 362 g/mol. The largest absolute Gasteiger partial charge is 0.481 e. The van der Waals surface area contributed by atoms with Crippen LogP contribution in [-0.4, -0.2) is 83.4 Å². The van der Waals surface area contributed by atoms with Crippen LogP contribution >= 0.6 is 0 Å². The molecule has 3 heterocycles. The van der Waals surface area contributed by atoms with Crippen molar-refractivity contribution >= 4 is 17.8 Å². The number of piperazine rings is 1. The van der Waals surface area contributed by atoms with E-state index in [1.54, 1.807) is 24.0 Å². The molecule has 0 radical (unpaired) electrons. The fraction of sp³-hybridized carbons (Fsp3) is 0.650. The predicted octanol–water partition coefficient (Wildman–Crippen LogP) is 1.39. The molecule has 2 aliphatic rings. The van der Waals surface area contributed by atoms with E-state index in [1.165, 1.54) is 6.26 Å². The van der Waals surface area contributed by atoms with Gasteiger partial charge in [0.25, 0.3) is 5.91 Å². The van der Waals surface area contributed by atoms with E-state index in [0.717, 1.165) is 39.1 Å². The molecule has 0 bridgehead atoms. The zero-order valence-electron chi connectivity index (χ0n) is 16.4. The van der Waals surface area contributed by atoms with E-state index in [-0.39, 0.29) is 30.1 Å². The minimum Gasteiger partial charge on any atom is -0.481 e. The van der Waals surface area contributed by atoms with E-state index in [0.29, 0.717) is 25.3 Å². The van der Waals surface area contributed by atoms with Crippen molar-refractivity contribution in [1.82, 2.24) is 14.7 Å². The molecule has 2 aliphatic heterocycles. The van der Waals surface area contributed by atoms with Crippen molar-refractivity contribution in [3.05, 3.63) is 24.2 Å². The smallest absolute Gasteiger partial charge is 0.303 e. The lowest BCUT2D eigenvalue weighted by Gasteiger charge is -2.40. The molecule has 0 aliphatic carbocycles. The molecule has 2 amide bonds. The second-order valence-corrected chi connectivity index (χ2v) is 7.77. The summed E-state index contributed by atoms with van der Waals surface area (Å²) in [7, 11) is 0. The Morgan fingerprint density at radius 1 is 1.11 bits per heavy atom. The molecule has 28 heavy (non-hydrogen) atoms. The van der Waals surface area contributed by atoms with Crippen molar-refractivity contribution in [1.29, 1.82) is 0 Å². The van der Waals surface area contributed by atoms with E-state index in [9.17, 15) is 19.5 Å². The standard InChI is InChI=1S/C20H29N3O5/c1-15(24)22-10-8-21(9-11-22)6-4-17-14-23(7-5-16(17)13-19(25)26)20(27)18-3-2-12-28-18/h2-3,12,16-17H,4-11,13-14H2,1H3,(H,25,26). The molecule has 0 aromatic carbocycles. The SMILES string of the molecule is CC(=O)N1CCN(CCC2CN(C(=O)c3ccco3)CCC2CC(=O)O)CC1. The van der Waals surface area contributed by atoms with Gasteiger partial charge in [0, 0.05) is 52.6 Å². The van der Waals surface area contributed by atoms with Crippen LogP contribution in [0, 0.1) is 11.8 Å². The molecule has 1 N–H and O–H groups in total. The van der Waals surface area contributed by atoms with Gasteiger partial charge in [-0.1, -0.05) is 0 Å². The number of furan rings is 1. The van der Waals surface area contributed by atoms with Crippen LogP contribution in [-0.2, 0) is 9.59 Å². The lowest BCUT2D eigenvalue weighted by molar-refractivity contribution is -0.139. The average Bonchev–Trinajstić information content (AvgIpc) is 3.21. The number of rotatable bonds is 6. The van der Waals surface area contributed by atoms with Gasteiger partial charge in [-0.3, -0.25) is 19.3 Å². The first-order valence-electron chi connectivity index (χ1n) is 9.96. The normalized spacial score (nSPS) is 23.6. The second kappa shape index (κ2) is 9.23. The molecule has 8 nitrogen and oxygen atoms in total. The van der Waals surface area contributed by atoms with Crippen molar-refractivity contribution in [2.45, 2.75) is 26.2 Å². The van der Waals surface area contributed by atoms with Gasteiger partial charge in [-0.2, -0.15) is 0 Å². The molecule has 2 fully saturated rings. The lowest BCUT2D eigenvalue weighted by atomic mass is 9.81. The van der Waals surface area contributed by atoms with Gasteiger partial charge in [-0.15, -0.1) is 0 Å². The molecule has 0 saturated carbocycles. The topological polar surface area (TPSA) is 94.3 Å². The van der Waals surface area contributed by atoms with Crippen LogP contribution in [0.5, 0.6) is 0 Å². The highest BCUT2D eigenvalue weighted by Crippen LogP contribution is 2.30. The van der Waals surface area contributed by atoms with Gasteiger partial charge >= 0.3 is 5.97 Å². The number of piperidine rings is 1. The molecule has 2 saturated heterocycles. The van der Waals surface area contributed by atoms with Gasteiger partial charge in [0.15, 0.2) is 5.76 Å². The number of carboxylic acid groups (broad SMARTS) is 1. The summed E-state index contributed by atoms with van der Waals surface area (Å²) in [5.74, 6) is -0.239. The Labute approximate surface area is 165 Å². The summed E-state index contributed by atoms with van der Waals surface area (Å²) >= 11 is 0. The minimum atomic E-state index is -0.782.